The SMILES string of the molecule is COc1ccccc1OCC(=O)NCC1CCC(C(=O)N[C@H](CN=[N+]=[N-])CC(=O)O)CC1. The summed E-state index contributed by atoms with van der Waals surface area (Å²) in [6.07, 6.45) is 2.53. The first kappa shape index (κ1) is 24.8. The van der Waals surface area contributed by atoms with E-state index in [0.29, 0.717) is 30.9 Å². The summed E-state index contributed by atoms with van der Waals surface area (Å²) in [5, 5.41) is 17.8. The molecule has 2 rings (SSSR count). The highest BCUT2D eigenvalue weighted by atomic mass is 16.5. The Bertz CT molecular complexity index is 830. The van der Waals surface area contributed by atoms with Gasteiger partial charge in [-0.1, -0.05) is 17.2 Å². The van der Waals surface area contributed by atoms with Crippen molar-refractivity contribution < 1.29 is 29.0 Å². The van der Waals surface area contributed by atoms with Crippen LogP contribution in [0.3, 0.4) is 0 Å². The minimum Gasteiger partial charge on any atom is -0.493 e. The van der Waals surface area contributed by atoms with Crippen molar-refractivity contribution in [3.05, 3.63) is 34.7 Å². The Hall–Kier alpha value is -3.46. The quantitative estimate of drug-likeness (QED) is 0.253. The second-order valence-electron chi connectivity index (χ2n) is 7.68. The molecule has 174 valence electrons. The second-order valence-corrected chi connectivity index (χ2v) is 7.68. The zero-order chi connectivity index (χ0) is 23.3. The van der Waals surface area contributed by atoms with Crippen LogP contribution in [0, 0.1) is 11.8 Å². The Balaban J connectivity index is 1.70. The average molecular weight is 447 g/mol. The molecular weight excluding hydrogens is 418 g/mol. The standard InChI is InChI=1S/C21H29N5O6/c1-31-17-4-2-3-5-18(17)32-13-19(27)23-11-14-6-8-15(9-7-14)21(30)25-16(10-20(28)29)12-24-26-22/h2-5,14-16H,6-13H2,1H3,(H,23,27)(H,25,30)(H,28,29)/t14?,15?,16-/m0/s1. The molecule has 0 saturated heterocycles. The van der Waals surface area contributed by atoms with Gasteiger partial charge >= 0.3 is 5.97 Å². The van der Waals surface area contributed by atoms with Crippen LogP contribution in [0.2, 0.25) is 0 Å². The first-order valence-corrected chi connectivity index (χ1v) is 10.5. The highest BCUT2D eigenvalue weighted by Gasteiger charge is 2.28. The van der Waals surface area contributed by atoms with Crippen LogP contribution in [0.4, 0.5) is 0 Å². The Morgan fingerprint density at radius 2 is 1.91 bits per heavy atom. The Labute approximate surface area is 186 Å². The van der Waals surface area contributed by atoms with E-state index in [1.165, 1.54) is 7.11 Å². The molecule has 3 N–H and O–H groups in total. The Kier molecular flexibility index (Phi) is 10.1. The molecule has 0 unspecified atom stereocenters. The van der Waals surface area contributed by atoms with E-state index >= 15 is 0 Å². The van der Waals surface area contributed by atoms with Gasteiger partial charge in [0.15, 0.2) is 18.1 Å². The molecule has 1 aliphatic carbocycles. The molecule has 32 heavy (non-hydrogen) atoms. The van der Waals surface area contributed by atoms with E-state index in [-0.39, 0.29) is 43.2 Å². The lowest BCUT2D eigenvalue weighted by molar-refractivity contribution is -0.138. The number of benzene rings is 1. The molecule has 0 heterocycles. The summed E-state index contributed by atoms with van der Waals surface area (Å²) >= 11 is 0. The molecular formula is C21H29N5O6. The Morgan fingerprint density at radius 1 is 1.22 bits per heavy atom. The van der Waals surface area contributed by atoms with Gasteiger partial charge in [-0.3, -0.25) is 14.4 Å². The minimum absolute atomic E-state index is 0.104. The monoisotopic (exact) mass is 447 g/mol. The third kappa shape index (κ3) is 8.35. The maximum atomic E-state index is 12.5. The van der Waals surface area contributed by atoms with E-state index in [0.717, 1.165) is 12.8 Å². The van der Waals surface area contributed by atoms with Crippen LogP contribution >= 0.6 is 0 Å². The van der Waals surface area contributed by atoms with E-state index in [1.807, 2.05) is 6.07 Å². The predicted molar refractivity (Wildman–Crippen MR) is 115 cm³/mol. The van der Waals surface area contributed by atoms with Crippen molar-refractivity contribution in [3.8, 4) is 11.5 Å². The fourth-order valence-electron chi connectivity index (χ4n) is 3.65. The van der Waals surface area contributed by atoms with Gasteiger partial charge < -0.3 is 25.2 Å². The second kappa shape index (κ2) is 13.1. The third-order valence-corrected chi connectivity index (χ3v) is 5.37. The smallest absolute Gasteiger partial charge is 0.305 e. The van der Waals surface area contributed by atoms with Crippen molar-refractivity contribution in [2.45, 2.75) is 38.1 Å². The number of methoxy groups -OCH3 is 1. The summed E-state index contributed by atoms with van der Waals surface area (Å²) in [6, 6.07) is 6.37. The van der Waals surface area contributed by atoms with Crippen LogP contribution in [0.1, 0.15) is 32.1 Å². The minimum atomic E-state index is -1.07. The molecule has 1 atom stereocenters. The van der Waals surface area contributed by atoms with Crippen LogP contribution in [0.25, 0.3) is 10.4 Å². The topological polar surface area (TPSA) is 163 Å². The van der Waals surface area contributed by atoms with Gasteiger partial charge in [0.2, 0.25) is 5.91 Å². The van der Waals surface area contributed by atoms with Gasteiger partial charge in [0.1, 0.15) is 0 Å². The summed E-state index contributed by atoms with van der Waals surface area (Å²) in [5.74, 6) is -0.439. The molecule has 0 aromatic heterocycles. The summed E-state index contributed by atoms with van der Waals surface area (Å²) < 4.78 is 10.7. The zero-order valence-corrected chi connectivity index (χ0v) is 18.0. The molecule has 0 radical (unpaired) electrons. The van der Waals surface area contributed by atoms with Crippen molar-refractivity contribution in [3.63, 3.8) is 0 Å². The first-order valence-electron chi connectivity index (χ1n) is 10.5. The van der Waals surface area contributed by atoms with E-state index in [1.54, 1.807) is 18.2 Å². The summed E-state index contributed by atoms with van der Waals surface area (Å²) in [5.41, 5.74) is 8.42. The number of carbonyl (C=O) groups is 3. The molecule has 1 aliphatic rings. The van der Waals surface area contributed by atoms with Gasteiger partial charge in [0.05, 0.1) is 13.5 Å². The maximum absolute atomic E-state index is 12.5. The lowest BCUT2D eigenvalue weighted by atomic mass is 9.81. The first-order chi connectivity index (χ1) is 15.4. The van der Waals surface area contributed by atoms with Crippen LogP contribution in [0.15, 0.2) is 29.4 Å². The largest absolute Gasteiger partial charge is 0.493 e. The summed E-state index contributed by atoms with van der Waals surface area (Å²) in [6.45, 7) is 0.280. The average Bonchev–Trinajstić information content (AvgIpc) is 2.79. The molecule has 11 nitrogen and oxygen atoms in total. The fourth-order valence-corrected chi connectivity index (χ4v) is 3.65. The van der Waals surface area contributed by atoms with Crippen molar-refractivity contribution in [2.24, 2.45) is 17.0 Å². The molecule has 1 aromatic carbocycles. The molecule has 0 spiro atoms. The highest BCUT2D eigenvalue weighted by molar-refractivity contribution is 5.80. The van der Waals surface area contributed by atoms with E-state index in [9.17, 15) is 14.4 Å². The lowest BCUT2D eigenvalue weighted by Crippen LogP contribution is -2.43. The zero-order valence-electron chi connectivity index (χ0n) is 18.0. The number of hydrogen-bond acceptors (Lipinski definition) is 6. The molecule has 1 fully saturated rings. The van der Waals surface area contributed by atoms with Gasteiger partial charge in [-0.2, -0.15) is 0 Å². The number of hydrogen-bond donors (Lipinski definition) is 3. The van der Waals surface area contributed by atoms with E-state index < -0.39 is 12.0 Å². The van der Waals surface area contributed by atoms with Crippen LogP contribution in [0.5, 0.6) is 11.5 Å². The number of nitrogens with zero attached hydrogens (tertiary/aromatic N) is 3. The molecule has 1 saturated carbocycles. The van der Waals surface area contributed by atoms with E-state index in [4.69, 9.17) is 20.1 Å². The fraction of sp³-hybridized carbons (Fsp3) is 0.571. The maximum Gasteiger partial charge on any atom is 0.305 e. The Morgan fingerprint density at radius 3 is 2.53 bits per heavy atom. The number of carboxylic acids is 1. The lowest BCUT2D eigenvalue weighted by Gasteiger charge is -2.29. The molecule has 11 heteroatoms. The van der Waals surface area contributed by atoms with Gasteiger partial charge in [-0.25, -0.2) is 0 Å². The van der Waals surface area contributed by atoms with Crippen LogP contribution in [-0.2, 0) is 14.4 Å². The van der Waals surface area contributed by atoms with E-state index in [2.05, 4.69) is 20.7 Å². The van der Waals surface area contributed by atoms with Gasteiger partial charge in [0.25, 0.3) is 5.91 Å². The van der Waals surface area contributed by atoms with Crippen molar-refractivity contribution in [1.82, 2.24) is 10.6 Å². The number of nitrogens with one attached hydrogen (secondary N) is 2. The number of ether oxygens (including phenoxy) is 2. The number of amides is 2. The molecule has 2 amide bonds. The van der Waals surface area contributed by atoms with Gasteiger partial charge in [-0.15, -0.1) is 0 Å². The number of azide groups is 1. The normalized spacial score (nSPS) is 18.5. The number of para-hydroxylation sites is 2. The predicted octanol–water partition coefficient (Wildman–Crippen LogP) is 2.27. The summed E-state index contributed by atoms with van der Waals surface area (Å²) in [4.78, 5) is 38.1. The summed E-state index contributed by atoms with van der Waals surface area (Å²) in [7, 11) is 1.53. The third-order valence-electron chi connectivity index (χ3n) is 5.37. The molecule has 0 aliphatic heterocycles. The van der Waals surface area contributed by atoms with Crippen molar-refractivity contribution in [1.29, 1.82) is 0 Å². The van der Waals surface area contributed by atoms with Gasteiger partial charge in [-0.05, 0) is 49.3 Å². The van der Waals surface area contributed by atoms with Crippen LogP contribution in [-0.4, -0.2) is 55.7 Å². The number of carboxylic acid groups (broad SMARTS) is 1. The molecule has 0 bridgehead atoms. The highest BCUT2D eigenvalue weighted by Crippen LogP contribution is 2.29. The van der Waals surface area contributed by atoms with Gasteiger partial charge in [0, 0.05) is 30.0 Å². The number of rotatable bonds is 12. The van der Waals surface area contributed by atoms with Crippen molar-refractivity contribution in [2.75, 3.05) is 26.8 Å². The number of aliphatic carboxylic acids is 1. The number of carbonyl (C=O) groups excluding carboxylic acids is 2. The molecule has 1 aromatic rings. The van der Waals surface area contributed by atoms with Crippen molar-refractivity contribution >= 4 is 17.8 Å². The van der Waals surface area contributed by atoms with Crippen LogP contribution < -0.4 is 20.1 Å².